The molecule has 168 valence electrons. The third-order valence-electron chi connectivity index (χ3n) is 4.19. The molecular weight excluding hydrogens is 588 g/mol. The molecule has 0 saturated heterocycles. The lowest BCUT2D eigenvalue weighted by Gasteiger charge is -2.14. The quantitative estimate of drug-likeness (QED) is 0.173. The number of thioether (sulfide) groups is 1. The van der Waals surface area contributed by atoms with Crippen molar-refractivity contribution in [1.29, 1.82) is 0 Å². The zero-order valence-electron chi connectivity index (χ0n) is 17.0. The van der Waals surface area contributed by atoms with E-state index in [1.54, 1.807) is 36.4 Å². The molecule has 0 amide bonds. The Labute approximate surface area is 212 Å². The summed E-state index contributed by atoms with van der Waals surface area (Å²) in [5.41, 5.74) is 1.42. The molecule has 7 nitrogen and oxygen atoms in total. The maximum atomic E-state index is 11.8. The van der Waals surface area contributed by atoms with Crippen LogP contribution in [0.3, 0.4) is 0 Å². The summed E-state index contributed by atoms with van der Waals surface area (Å²) in [6.07, 6.45) is 2.22. The number of hydrogen-bond donors (Lipinski definition) is 2. The first-order valence-electron chi connectivity index (χ1n) is 9.29. The Kier molecular flexibility index (Phi) is 8.69. The molecule has 0 aliphatic rings. The van der Waals surface area contributed by atoms with Gasteiger partial charge in [0.2, 0.25) is 5.16 Å². The number of carbonyl (C=O) groups is 1. The summed E-state index contributed by atoms with van der Waals surface area (Å²) in [6, 6.07) is 8.71. The summed E-state index contributed by atoms with van der Waals surface area (Å²) in [7, 11) is 1.52. The van der Waals surface area contributed by atoms with Crippen molar-refractivity contribution < 1.29 is 19.4 Å². The summed E-state index contributed by atoms with van der Waals surface area (Å²) in [5.74, 6) is 0.608. The highest BCUT2D eigenvalue weighted by Gasteiger charge is 2.16. The molecule has 1 aromatic heterocycles. The van der Waals surface area contributed by atoms with Crippen LogP contribution in [0.15, 0.2) is 40.4 Å². The zero-order valence-corrected chi connectivity index (χ0v) is 21.5. The minimum absolute atomic E-state index is 0.0751. The molecule has 11 heteroatoms. The van der Waals surface area contributed by atoms with Gasteiger partial charge < -0.3 is 14.6 Å². The van der Waals surface area contributed by atoms with Crippen molar-refractivity contribution in [1.82, 2.24) is 15.2 Å². The van der Waals surface area contributed by atoms with Gasteiger partial charge in [0.05, 0.1) is 10.7 Å². The maximum Gasteiger partial charge on any atom is 0.342 e. The van der Waals surface area contributed by atoms with Gasteiger partial charge >= 0.3 is 5.97 Å². The van der Waals surface area contributed by atoms with Crippen LogP contribution in [0.5, 0.6) is 11.5 Å². The summed E-state index contributed by atoms with van der Waals surface area (Å²) >= 11 is 15.3. The van der Waals surface area contributed by atoms with Gasteiger partial charge in [-0.25, -0.2) is 9.78 Å². The van der Waals surface area contributed by atoms with Crippen molar-refractivity contribution in [2.45, 2.75) is 25.1 Å². The monoisotopic (exact) mass is 605 g/mol. The Bertz CT molecular complexity index is 1170. The summed E-state index contributed by atoms with van der Waals surface area (Å²) < 4.78 is 12.2. The number of H-pyrrole nitrogens is 1. The number of halogens is 3. The number of nitrogens with one attached hydrogen (secondary N) is 1. The van der Waals surface area contributed by atoms with E-state index in [2.05, 4.69) is 37.8 Å². The first-order chi connectivity index (χ1) is 15.3. The van der Waals surface area contributed by atoms with E-state index in [4.69, 9.17) is 32.7 Å². The molecule has 0 aliphatic carbocycles. The molecule has 2 N–H and O–H groups in total. The fraction of sp³-hybridized carbons (Fsp3) is 0.190. The molecule has 0 aliphatic heterocycles. The molecule has 3 aromatic rings. The van der Waals surface area contributed by atoms with Gasteiger partial charge in [0.25, 0.3) is 0 Å². The van der Waals surface area contributed by atoms with Gasteiger partial charge in [0, 0.05) is 22.0 Å². The molecule has 0 saturated carbocycles. The highest BCUT2D eigenvalue weighted by Crippen LogP contribution is 2.36. The fourth-order valence-electron chi connectivity index (χ4n) is 2.62. The van der Waals surface area contributed by atoms with E-state index in [0.29, 0.717) is 44.5 Å². The standard InChI is InChI=1S/C21H18Cl2IN3O4S/c1-3-18-25-21(27-26-18)32-17(20(28)29)8-11-6-15(24)19(16(7-11)30-2)31-10-12-4-5-13(22)9-14(12)23/h4-9H,3,10H2,1-2H3,(H,28,29)(H,25,26,27)/b17-8-. The number of rotatable bonds is 9. The number of aromatic nitrogens is 3. The van der Waals surface area contributed by atoms with Crippen molar-refractivity contribution in [2.75, 3.05) is 7.11 Å². The topological polar surface area (TPSA) is 97.3 Å². The predicted octanol–water partition coefficient (Wildman–Crippen LogP) is 6.08. The number of aromatic amines is 1. The van der Waals surface area contributed by atoms with Crippen LogP contribution in [-0.2, 0) is 17.8 Å². The van der Waals surface area contributed by atoms with Gasteiger partial charge in [-0.05, 0) is 70.3 Å². The molecule has 1 heterocycles. The Balaban J connectivity index is 1.85. The second-order valence-corrected chi connectivity index (χ2v) is 9.41. The van der Waals surface area contributed by atoms with Crippen LogP contribution in [-0.4, -0.2) is 33.4 Å². The van der Waals surface area contributed by atoms with Crippen LogP contribution < -0.4 is 9.47 Å². The highest BCUT2D eigenvalue weighted by molar-refractivity contribution is 14.1. The Hall–Kier alpha value is -1.95. The lowest BCUT2D eigenvalue weighted by Crippen LogP contribution is -2.01. The number of carboxylic acids is 1. The molecule has 0 radical (unpaired) electrons. The van der Waals surface area contributed by atoms with Crippen molar-refractivity contribution in [2.24, 2.45) is 0 Å². The van der Waals surface area contributed by atoms with E-state index in [1.807, 2.05) is 6.92 Å². The van der Waals surface area contributed by atoms with Crippen LogP contribution in [0.25, 0.3) is 6.08 Å². The molecule has 0 fully saturated rings. The third-order valence-corrected chi connectivity index (χ3v) is 6.46. The molecule has 3 rings (SSSR count). The Morgan fingerprint density at radius 2 is 2.09 bits per heavy atom. The number of nitrogens with zero attached hydrogens (tertiary/aromatic N) is 2. The van der Waals surface area contributed by atoms with Crippen molar-refractivity contribution >= 4 is 69.6 Å². The van der Waals surface area contributed by atoms with Gasteiger partial charge in [-0.2, -0.15) is 0 Å². The zero-order chi connectivity index (χ0) is 23.3. The first-order valence-corrected chi connectivity index (χ1v) is 11.9. The van der Waals surface area contributed by atoms with E-state index in [0.717, 1.165) is 20.9 Å². The van der Waals surface area contributed by atoms with E-state index < -0.39 is 5.97 Å². The molecular formula is C21H18Cl2IN3O4S. The normalized spacial score (nSPS) is 11.5. The van der Waals surface area contributed by atoms with Gasteiger partial charge in [0.15, 0.2) is 11.5 Å². The van der Waals surface area contributed by atoms with Gasteiger partial charge in [-0.3, -0.25) is 5.10 Å². The molecule has 32 heavy (non-hydrogen) atoms. The van der Waals surface area contributed by atoms with Crippen LogP contribution in [0, 0.1) is 3.57 Å². The second kappa shape index (κ2) is 11.3. The van der Waals surface area contributed by atoms with Crippen molar-refractivity contribution in [3.05, 3.63) is 65.8 Å². The van der Waals surface area contributed by atoms with Crippen LogP contribution >= 0.6 is 57.6 Å². The molecule has 0 bridgehead atoms. The molecule has 0 atom stereocenters. The van der Waals surface area contributed by atoms with E-state index >= 15 is 0 Å². The number of ether oxygens (including phenoxy) is 2. The van der Waals surface area contributed by atoms with Crippen LogP contribution in [0.2, 0.25) is 10.0 Å². The highest BCUT2D eigenvalue weighted by atomic mass is 127. The van der Waals surface area contributed by atoms with Gasteiger partial charge in [0.1, 0.15) is 17.3 Å². The molecule has 0 unspecified atom stereocenters. The van der Waals surface area contributed by atoms with E-state index in [9.17, 15) is 9.90 Å². The van der Waals surface area contributed by atoms with E-state index in [-0.39, 0.29) is 11.5 Å². The SMILES string of the molecule is CCc1nc(S/C(=C\c2cc(I)c(OCc3ccc(Cl)cc3Cl)c(OC)c2)C(=O)O)n[nH]1. The minimum atomic E-state index is -1.08. The number of carboxylic acid groups (broad SMARTS) is 1. The number of hydrogen-bond acceptors (Lipinski definition) is 6. The van der Waals surface area contributed by atoms with Crippen LogP contribution in [0.4, 0.5) is 0 Å². The lowest BCUT2D eigenvalue weighted by atomic mass is 10.2. The summed E-state index contributed by atoms with van der Waals surface area (Å²) in [4.78, 5) is 16.1. The average molecular weight is 606 g/mol. The fourth-order valence-corrected chi connectivity index (χ4v) is 4.59. The Morgan fingerprint density at radius 3 is 2.72 bits per heavy atom. The number of benzene rings is 2. The minimum Gasteiger partial charge on any atom is -0.493 e. The maximum absolute atomic E-state index is 11.8. The largest absolute Gasteiger partial charge is 0.493 e. The van der Waals surface area contributed by atoms with Gasteiger partial charge in [-0.15, -0.1) is 5.10 Å². The third kappa shape index (κ3) is 6.31. The number of methoxy groups -OCH3 is 1. The smallest absolute Gasteiger partial charge is 0.342 e. The van der Waals surface area contributed by atoms with Crippen molar-refractivity contribution in [3.63, 3.8) is 0 Å². The van der Waals surface area contributed by atoms with E-state index in [1.165, 1.54) is 7.11 Å². The number of aliphatic carboxylic acids is 1. The van der Waals surface area contributed by atoms with Crippen LogP contribution in [0.1, 0.15) is 23.9 Å². The summed E-state index contributed by atoms with van der Waals surface area (Å²) in [5, 5.41) is 17.8. The molecule has 0 spiro atoms. The molecule has 2 aromatic carbocycles. The number of aryl methyl sites for hydroxylation is 1. The summed E-state index contributed by atoms with van der Waals surface area (Å²) in [6.45, 7) is 2.15. The lowest BCUT2D eigenvalue weighted by molar-refractivity contribution is -0.131. The average Bonchev–Trinajstić information content (AvgIpc) is 3.21. The predicted molar refractivity (Wildman–Crippen MR) is 134 cm³/mol. The first kappa shape index (κ1) is 24.7. The Morgan fingerprint density at radius 1 is 1.31 bits per heavy atom. The second-order valence-electron chi connectivity index (χ2n) is 6.39. The van der Waals surface area contributed by atoms with Gasteiger partial charge in [-0.1, -0.05) is 36.2 Å². The van der Waals surface area contributed by atoms with Crippen molar-refractivity contribution in [3.8, 4) is 11.5 Å².